The van der Waals surface area contributed by atoms with E-state index in [0.717, 1.165) is 12.8 Å². The van der Waals surface area contributed by atoms with Gasteiger partial charge in [0, 0.05) is 31.0 Å². The van der Waals surface area contributed by atoms with E-state index in [-0.39, 0.29) is 17.7 Å². The van der Waals surface area contributed by atoms with E-state index in [2.05, 4.69) is 17.2 Å². The Kier molecular flexibility index (Phi) is 6.31. The van der Waals surface area contributed by atoms with E-state index in [1.807, 2.05) is 0 Å². The Hall–Kier alpha value is -2.18. The molecule has 1 fully saturated rings. The zero-order valence-corrected chi connectivity index (χ0v) is 13.1. The van der Waals surface area contributed by atoms with Gasteiger partial charge in [-0.2, -0.15) is 0 Å². The number of nitrogens with one attached hydrogen (secondary N) is 2. The minimum Gasteiger partial charge on any atom is -0.381 e. The maximum atomic E-state index is 12.2. The van der Waals surface area contributed by atoms with Gasteiger partial charge in [-0.15, -0.1) is 6.58 Å². The quantitative estimate of drug-likeness (QED) is 0.689. The summed E-state index contributed by atoms with van der Waals surface area (Å²) in [6.07, 6.45) is 3.22. The summed E-state index contributed by atoms with van der Waals surface area (Å²) in [5.74, 6) is -0.241. The molecular formula is C17H23N3O3. The summed E-state index contributed by atoms with van der Waals surface area (Å²) in [5, 5.41) is 5.49. The van der Waals surface area contributed by atoms with Gasteiger partial charge in [0.05, 0.1) is 6.04 Å². The zero-order chi connectivity index (χ0) is 16.7. The average molecular weight is 317 g/mol. The van der Waals surface area contributed by atoms with E-state index in [1.165, 1.54) is 0 Å². The fourth-order valence-electron chi connectivity index (χ4n) is 2.49. The van der Waals surface area contributed by atoms with Crippen molar-refractivity contribution in [2.24, 2.45) is 11.7 Å². The lowest BCUT2D eigenvalue weighted by molar-refractivity contribution is -0.119. The molecule has 6 heteroatoms. The number of ether oxygens (including phenoxy) is 1. The van der Waals surface area contributed by atoms with Crippen LogP contribution in [0, 0.1) is 5.92 Å². The number of rotatable bonds is 6. The maximum Gasteiger partial charge on any atom is 0.251 e. The van der Waals surface area contributed by atoms with Crippen LogP contribution in [-0.4, -0.2) is 37.6 Å². The highest BCUT2D eigenvalue weighted by molar-refractivity contribution is 5.97. The number of benzene rings is 1. The van der Waals surface area contributed by atoms with E-state index >= 15 is 0 Å². The third-order valence-corrected chi connectivity index (χ3v) is 3.90. The molecule has 0 spiro atoms. The molecule has 0 aromatic heterocycles. The van der Waals surface area contributed by atoms with Gasteiger partial charge in [0.1, 0.15) is 0 Å². The van der Waals surface area contributed by atoms with Crippen molar-refractivity contribution in [2.75, 3.05) is 25.1 Å². The van der Waals surface area contributed by atoms with Crippen LogP contribution < -0.4 is 16.4 Å². The summed E-state index contributed by atoms with van der Waals surface area (Å²) >= 11 is 0. The van der Waals surface area contributed by atoms with Crippen molar-refractivity contribution < 1.29 is 14.3 Å². The van der Waals surface area contributed by atoms with E-state index in [0.29, 0.717) is 31.0 Å². The highest BCUT2D eigenvalue weighted by Crippen LogP contribution is 2.19. The van der Waals surface area contributed by atoms with Crippen molar-refractivity contribution in [3.05, 3.63) is 42.5 Å². The van der Waals surface area contributed by atoms with E-state index in [9.17, 15) is 9.59 Å². The number of hydrogen-bond acceptors (Lipinski definition) is 4. The molecule has 124 valence electrons. The molecule has 1 unspecified atom stereocenters. The van der Waals surface area contributed by atoms with E-state index in [1.54, 1.807) is 30.3 Å². The maximum absolute atomic E-state index is 12.2. The average Bonchev–Trinajstić information content (AvgIpc) is 2.60. The second kappa shape index (κ2) is 8.45. The van der Waals surface area contributed by atoms with Gasteiger partial charge in [-0.25, -0.2) is 0 Å². The van der Waals surface area contributed by atoms with Crippen molar-refractivity contribution in [3.63, 3.8) is 0 Å². The van der Waals surface area contributed by atoms with Crippen LogP contribution >= 0.6 is 0 Å². The lowest BCUT2D eigenvalue weighted by atomic mass is 9.92. The fraction of sp³-hybridized carbons (Fsp3) is 0.412. The van der Waals surface area contributed by atoms with Gasteiger partial charge in [-0.3, -0.25) is 9.59 Å². The molecule has 0 radical (unpaired) electrons. The Morgan fingerprint density at radius 1 is 1.30 bits per heavy atom. The predicted octanol–water partition coefficient (Wildman–Crippen LogP) is 1.29. The van der Waals surface area contributed by atoms with E-state index < -0.39 is 6.04 Å². The molecule has 1 aromatic carbocycles. The third kappa shape index (κ3) is 4.91. The molecule has 0 saturated carbocycles. The Morgan fingerprint density at radius 2 is 1.96 bits per heavy atom. The smallest absolute Gasteiger partial charge is 0.251 e. The topological polar surface area (TPSA) is 93.5 Å². The summed E-state index contributed by atoms with van der Waals surface area (Å²) in [6.45, 7) is 5.27. The molecule has 0 aliphatic carbocycles. The van der Waals surface area contributed by atoms with Crippen LogP contribution in [0.5, 0.6) is 0 Å². The molecule has 2 amide bonds. The van der Waals surface area contributed by atoms with Crippen molar-refractivity contribution in [2.45, 2.75) is 18.9 Å². The van der Waals surface area contributed by atoms with Crippen molar-refractivity contribution in [1.82, 2.24) is 5.32 Å². The van der Waals surface area contributed by atoms with Crippen LogP contribution in [0.15, 0.2) is 36.9 Å². The molecule has 4 N–H and O–H groups in total. The van der Waals surface area contributed by atoms with Gasteiger partial charge < -0.3 is 21.1 Å². The molecule has 1 saturated heterocycles. The summed E-state index contributed by atoms with van der Waals surface area (Å²) in [5.41, 5.74) is 7.18. The Morgan fingerprint density at radius 3 is 2.57 bits per heavy atom. The minimum absolute atomic E-state index is 0.146. The normalized spacial score (nSPS) is 16.4. The van der Waals surface area contributed by atoms with Crippen LogP contribution in [0.25, 0.3) is 0 Å². The number of nitrogens with two attached hydrogens (primary N) is 1. The zero-order valence-electron chi connectivity index (χ0n) is 13.1. The first-order valence-electron chi connectivity index (χ1n) is 7.75. The minimum atomic E-state index is -0.547. The standard InChI is InChI=1S/C17H23N3O3/c1-2-9-19-16(21)13-3-5-14(6-4-13)20-17(22)15(18)12-7-10-23-11-8-12/h2-6,12,15H,1,7-11,18H2,(H,19,21)(H,20,22). The summed E-state index contributed by atoms with van der Waals surface area (Å²) < 4.78 is 5.28. The highest BCUT2D eigenvalue weighted by Gasteiger charge is 2.26. The molecule has 1 heterocycles. The van der Waals surface area contributed by atoms with Gasteiger partial charge in [0.25, 0.3) is 5.91 Å². The second-order valence-corrected chi connectivity index (χ2v) is 5.54. The molecule has 23 heavy (non-hydrogen) atoms. The van der Waals surface area contributed by atoms with Crippen LogP contribution in [-0.2, 0) is 9.53 Å². The van der Waals surface area contributed by atoms with Crippen LogP contribution in [0.3, 0.4) is 0 Å². The first-order valence-corrected chi connectivity index (χ1v) is 7.75. The van der Waals surface area contributed by atoms with Crippen LogP contribution in [0.1, 0.15) is 23.2 Å². The number of carbonyl (C=O) groups is 2. The molecule has 1 aliphatic rings. The Labute approximate surface area is 136 Å². The lowest BCUT2D eigenvalue weighted by Gasteiger charge is -2.26. The summed E-state index contributed by atoms with van der Waals surface area (Å²) in [4.78, 5) is 24.0. The van der Waals surface area contributed by atoms with Crippen molar-refractivity contribution in [3.8, 4) is 0 Å². The van der Waals surface area contributed by atoms with Gasteiger partial charge in [-0.05, 0) is 43.0 Å². The van der Waals surface area contributed by atoms with Crippen molar-refractivity contribution in [1.29, 1.82) is 0 Å². The SMILES string of the molecule is C=CCNC(=O)c1ccc(NC(=O)C(N)C2CCOCC2)cc1. The predicted molar refractivity (Wildman–Crippen MR) is 89.1 cm³/mol. The first-order chi connectivity index (χ1) is 11.1. The highest BCUT2D eigenvalue weighted by atomic mass is 16.5. The van der Waals surface area contributed by atoms with Gasteiger partial charge in [0.15, 0.2) is 0 Å². The van der Waals surface area contributed by atoms with Crippen LogP contribution in [0.4, 0.5) is 5.69 Å². The number of carbonyl (C=O) groups excluding carboxylic acids is 2. The molecule has 1 atom stereocenters. The van der Waals surface area contributed by atoms with Gasteiger partial charge in [-0.1, -0.05) is 6.08 Å². The van der Waals surface area contributed by atoms with E-state index in [4.69, 9.17) is 10.5 Å². The molecule has 1 aliphatic heterocycles. The van der Waals surface area contributed by atoms with Crippen molar-refractivity contribution >= 4 is 17.5 Å². The molecule has 0 bridgehead atoms. The molecule has 2 rings (SSSR count). The second-order valence-electron chi connectivity index (χ2n) is 5.54. The molecule has 6 nitrogen and oxygen atoms in total. The Bertz CT molecular complexity index is 551. The third-order valence-electron chi connectivity index (χ3n) is 3.90. The molecule has 1 aromatic rings. The number of hydrogen-bond donors (Lipinski definition) is 3. The molecular weight excluding hydrogens is 294 g/mol. The monoisotopic (exact) mass is 317 g/mol. The number of anilines is 1. The summed E-state index contributed by atoms with van der Waals surface area (Å²) in [6, 6.07) is 6.16. The van der Waals surface area contributed by atoms with Crippen LogP contribution in [0.2, 0.25) is 0 Å². The largest absolute Gasteiger partial charge is 0.381 e. The van der Waals surface area contributed by atoms with Gasteiger partial charge in [0.2, 0.25) is 5.91 Å². The fourth-order valence-corrected chi connectivity index (χ4v) is 2.49. The lowest BCUT2D eigenvalue weighted by Crippen LogP contribution is -2.44. The Balaban J connectivity index is 1.90. The summed E-state index contributed by atoms with van der Waals surface area (Å²) in [7, 11) is 0. The first kappa shape index (κ1) is 17.2. The van der Waals surface area contributed by atoms with Gasteiger partial charge >= 0.3 is 0 Å². The number of amides is 2.